The summed E-state index contributed by atoms with van der Waals surface area (Å²) in [6.45, 7) is 2.83. The van der Waals surface area contributed by atoms with Crippen LogP contribution in [0.1, 0.15) is 26.2 Å². The zero-order valence-electron chi connectivity index (χ0n) is 7.86. The summed E-state index contributed by atoms with van der Waals surface area (Å²) >= 11 is 0. The Morgan fingerprint density at radius 1 is 1.31 bits per heavy atom. The first-order chi connectivity index (χ1) is 6.33. The maximum Gasteiger partial charge on any atom is 0.316 e. The van der Waals surface area contributed by atoms with Gasteiger partial charge in [-0.2, -0.15) is 0 Å². The molecule has 0 saturated heterocycles. The van der Waals surface area contributed by atoms with Gasteiger partial charge in [0.05, 0.1) is 24.7 Å². The average molecular weight is 181 g/mol. The Balaban J connectivity index is 2.25. The first-order valence-electron chi connectivity index (χ1n) is 4.53. The monoisotopic (exact) mass is 181 g/mol. The molecule has 0 atom stereocenters. The molecule has 0 saturated carbocycles. The summed E-state index contributed by atoms with van der Waals surface area (Å²) < 4.78 is 5.29. The van der Waals surface area contributed by atoms with Crippen molar-refractivity contribution in [3.63, 3.8) is 0 Å². The normalized spacial score (nSPS) is 9.92. The van der Waals surface area contributed by atoms with Gasteiger partial charge in [-0.05, 0) is 6.42 Å². The van der Waals surface area contributed by atoms with E-state index in [-0.39, 0.29) is 0 Å². The fourth-order valence-electron chi connectivity index (χ4n) is 0.916. The predicted octanol–water partition coefficient (Wildman–Crippen LogP) is 1.63. The second kappa shape index (κ2) is 5.35. The molecule has 0 radical (unpaired) electrons. The molecule has 4 heteroatoms. The lowest BCUT2D eigenvalue weighted by molar-refractivity contribution is 0.283. The van der Waals surface area contributed by atoms with Gasteiger partial charge in [0.25, 0.3) is 0 Å². The van der Waals surface area contributed by atoms with Gasteiger partial charge < -0.3 is 10.5 Å². The number of unbranched alkanes of at least 4 members (excludes halogenated alkanes) is 2. The molecular weight excluding hydrogens is 166 g/mol. The lowest BCUT2D eigenvalue weighted by Crippen LogP contribution is -2.01. The van der Waals surface area contributed by atoms with Crippen LogP contribution in [0.2, 0.25) is 0 Å². The van der Waals surface area contributed by atoms with Crippen LogP contribution >= 0.6 is 0 Å². The van der Waals surface area contributed by atoms with Gasteiger partial charge in [-0.3, -0.25) is 0 Å². The average Bonchev–Trinajstić information content (AvgIpc) is 2.15. The second-order valence-corrected chi connectivity index (χ2v) is 2.85. The molecule has 1 heterocycles. The smallest absolute Gasteiger partial charge is 0.316 e. The molecule has 0 amide bonds. The Kier molecular flexibility index (Phi) is 4.02. The van der Waals surface area contributed by atoms with E-state index in [1.54, 1.807) is 12.4 Å². The molecule has 72 valence electrons. The second-order valence-electron chi connectivity index (χ2n) is 2.85. The Labute approximate surface area is 78.1 Å². The van der Waals surface area contributed by atoms with Crippen molar-refractivity contribution in [1.29, 1.82) is 0 Å². The van der Waals surface area contributed by atoms with E-state index in [2.05, 4.69) is 16.9 Å². The van der Waals surface area contributed by atoms with Crippen LogP contribution in [0.5, 0.6) is 6.01 Å². The van der Waals surface area contributed by atoms with E-state index in [0.29, 0.717) is 18.3 Å². The minimum atomic E-state index is 0.408. The van der Waals surface area contributed by atoms with Gasteiger partial charge in [-0.15, -0.1) is 0 Å². The van der Waals surface area contributed by atoms with Crippen molar-refractivity contribution in [3.05, 3.63) is 12.4 Å². The molecule has 0 aliphatic carbocycles. The van der Waals surface area contributed by atoms with Gasteiger partial charge in [-0.1, -0.05) is 19.8 Å². The molecule has 0 fully saturated rings. The van der Waals surface area contributed by atoms with Gasteiger partial charge in [0.2, 0.25) is 0 Å². The van der Waals surface area contributed by atoms with Crippen LogP contribution in [0.4, 0.5) is 5.69 Å². The number of aromatic nitrogens is 2. The number of ether oxygens (including phenoxy) is 1. The van der Waals surface area contributed by atoms with E-state index >= 15 is 0 Å². The highest BCUT2D eigenvalue weighted by Gasteiger charge is 1.95. The van der Waals surface area contributed by atoms with E-state index in [0.717, 1.165) is 6.42 Å². The Morgan fingerprint density at radius 2 is 2.00 bits per heavy atom. The van der Waals surface area contributed by atoms with Gasteiger partial charge >= 0.3 is 6.01 Å². The number of nitrogen functional groups attached to an aromatic ring is 1. The summed E-state index contributed by atoms with van der Waals surface area (Å²) in [6, 6.07) is 0.408. The summed E-state index contributed by atoms with van der Waals surface area (Å²) in [4.78, 5) is 7.84. The largest absolute Gasteiger partial charge is 0.463 e. The number of nitrogens with two attached hydrogens (primary N) is 1. The van der Waals surface area contributed by atoms with E-state index in [9.17, 15) is 0 Å². The van der Waals surface area contributed by atoms with Crippen molar-refractivity contribution in [3.8, 4) is 6.01 Å². The van der Waals surface area contributed by atoms with E-state index < -0.39 is 0 Å². The van der Waals surface area contributed by atoms with Crippen molar-refractivity contribution in [2.24, 2.45) is 0 Å². The molecule has 0 spiro atoms. The Bertz CT molecular complexity index is 235. The molecule has 0 aromatic carbocycles. The highest BCUT2D eigenvalue weighted by Crippen LogP contribution is 2.04. The van der Waals surface area contributed by atoms with Gasteiger partial charge in [0.1, 0.15) is 0 Å². The minimum absolute atomic E-state index is 0.408. The standard InChI is InChI=1S/C9H15N3O/c1-2-3-4-5-13-9-11-6-8(10)7-12-9/h6-7H,2-5,10H2,1H3. The third-order valence-electron chi connectivity index (χ3n) is 1.63. The van der Waals surface area contributed by atoms with Gasteiger partial charge in [-0.25, -0.2) is 9.97 Å². The third-order valence-corrected chi connectivity index (χ3v) is 1.63. The Morgan fingerprint density at radius 3 is 2.62 bits per heavy atom. The van der Waals surface area contributed by atoms with Crippen molar-refractivity contribution in [1.82, 2.24) is 9.97 Å². The summed E-state index contributed by atoms with van der Waals surface area (Å²) in [5.41, 5.74) is 5.98. The summed E-state index contributed by atoms with van der Waals surface area (Å²) in [7, 11) is 0. The molecule has 4 nitrogen and oxygen atoms in total. The molecule has 0 unspecified atom stereocenters. The van der Waals surface area contributed by atoms with Crippen LogP contribution in [0, 0.1) is 0 Å². The molecular formula is C9H15N3O. The van der Waals surface area contributed by atoms with Crippen molar-refractivity contribution in [2.75, 3.05) is 12.3 Å². The van der Waals surface area contributed by atoms with Crippen molar-refractivity contribution >= 4 is 5.69 Å². The molecule has 13 heavy (non-hydrogen) atoms. The predicted molar refractivity (Wildman–Crippen MR) is 51.5 cm³/mol. The fraction of sp³-hybridized carbons (Fsp3) is 0.556. The highest BCUT2D eigenvalue weighted by atomic mass is 16.5. The topological polar surface area (TPSA) is 61.0 Å². The maximum absolute atomic E-state index is 5.42. The molecule has 0 aliphatic heterocycles. The molecule has 0 aliphatic rings. The summed E-state index contributed by atoms with van der Waals surface area (Å²) in [5, 5.41) is 0. The number of rotatable bonds is 5. The lowest BCUT2D eigenvalue weighted by atomic mass is 10.3. The first kappa shape index (κ1) is 9.77. The molecule has 1 aromatic heterocycles. The highest BCUT2D eigenvalue weighted by molar-refractivity contribution is 5.30. The minimum Gasteiger partial charge on any atom is -0.463 e. The third kappa shape index (κ3) is 3.73. The van der Waals surface area contributed by atoms with E-state index in [4.69, 9.17) is 10.5 Å². The first-order valence-corrected chi connectivity index (χ1v) is 4.53. The summed E-state index contributed by atoms with van der Waals surface area (Å²) in [5.74, 6) is 0. The zero-order valence-corrected chi connectivity index (χ0v) is 7.86. The van der Waals surface area contributed by atoms with E-state index in [1.807, 2.05) is 0 Å². The molecule has 1 rings (SSSR count). The maximum atomic E-state index is 5.42. The van der Waals surface area contributed by atoms with Crippen molar-refractivity contribution < 1.29 is 4.74 Å². The number of hydrogen-bond acceptors (Lipinski definition) is 4. The quantitative estimate of drug-likeness (QED) is 0.701. The Hall–Kier alpha value is -1.32. The van der Waals surface area contributed by atoms with Crippen LogP contribution in [0.3, 0.4) is 0 Å². The SMILES string of the molecule is CCCCCOc1ncc(N)cn1. The van der Waals surface area contributed by atoms with Crippen LogP contribution in [0.25, 0.3) is 0 Å². The van der Waals surface area contributed by atoms with E-state index in [1.165, 1.54) is 12.8 Å². The number of anilines is 1. The molecule has 2 N–H and O–H groups in total. The fourth-order valence-corrected chi connectivity index (χ4v) is 0.916. The van der Waals surface area contributed by atoms with Gasteiger partial charge in [0, 0.05) is 0 Å². The van der Waals surface area contributed by atoms with Gasteiger partial charge in [0.15, 0.2) is 0 Å². The van der Waals surface area contributed by atoms with Crippen LogP contribution in [0.15, 0.2) is 12.4 Å². The van der Waals surface area contributed by atoms with Crippen LogP contribution in [-0.2, 0) is 0 Å². The number of nitrogens with zero attached hydrogens (tertiary/aromatic N) is 2. The lowest BCUT2D eigenvalue weighted by Gasteiger charge is -2.02. The molecule has 0 bridgehead atoms. The van der Waals surface area contributed by atoms with Crippen LogP contribution in [-0.4, -0.2) is 16.6 Å². The molecule has 1 aromatic rings. The number of hydrogen-bond donors (Lipinski definition) is 1. The zero-order chi connectivity index (χ0) is 9.52. The van der Waals surface area contributed by atoms with Crippen molar-refractivity contribution in [2.45, 2.75) is 26.2 Å². The van der Waals surface area contributed by atoms with Crippen LogP contribution < -0.4 is 10.5 Å². The summed E-state index contributed by atoms with van der Waals surface area (Å²) in [6.07, 6.45) is 6.50.